The summed E-state index contributed by atoms with van der Waals surface area (Å²) in [5.41, 5.74) is 1.07. The first-order chi connectivity index (χ1) is 12.5. The number of carbonyl (C=O) groups is 2. The number of esters is 1. The fourth-order valence-electron chi connectivity index (χ4n) is 1.99. The molecule has 1 aromatic heterocycles. The van der Waals surface area contributed by atoms with E-state index in [-0.39, 0.29) is 5.69 Å². The number of nitrogens with zero attached hydrogens (tertiary/aromatic N) is 2. The van der Waals surface area contributed by atoms with E-state index in [2.05, 4.69) is 29.5 Å². The first-order valence-corrected chi connectivity index (χ1v) is 9.02. The van der Waals surface area contributed by atoms with Crippen LogP contribution in [0.1, 0.15) is 36.3 Å². The Hall–Kier alpha value is -2.92. The summed E-state index contributed by atoms with van der Waals surface area (Å²) in [6.45, 7) is 4.62. The Morgan fingerprint density at radius 3 is 2.92 bits per heavy atom. The Morgan fingerprint density at radius 1 is 1.38 bits per heavy atom. The van der Waals surface area contributed by atoms with Crippen molar-refractivity contribution < 1.29 is 14.3 Å². The highest BCUT2D eigenvalue weighted by Gasteiger charge is 2.14. The minimum atomic E-state index is -0.654. The third-order valence-corrected chi connectivity index (χ3v) is 4.12. The average molecular weight is 372 g/mol. The summed E-state index contributed by atoms with van der Waals surface area (Å²) in [5, 5.41) is 16.8. The average Bonchev–Trinajstić information content (AvgIpc) is 3.08. The number of carbonyl (C=O) groups excluding carboxylic acids is 2. The normalized spacial score (nSPS) is 10.2. The number of thiazole rings is 1. The molecule has 0 saturated heterocycles. The molecule has 0 aliphatic carbocycles. The van der Waals surface area contributed by atoms with Crippen molar-refractivity contribution in [1.82, 2.24) is 4.98 Å². The van der Waals surface area contributed by atoms with Crippen molar-refractivity contribution in [1.29, 1.82) is 5.26 Å². The maximum atomic E-state index is 12.0. The number of anilines is 2. The van der Waals surface area contributed by atoms with Crippen LogP contribution in [0.4, 0.5) is 10.8 Å². The second-order valence-electron chi connectivity index (χ2n) is 5.96. The molecule has 8 heteroatoms. The van der Waals surface area contributed by atoms with Crippen LogP contribution in [-0.2, 0) is 9.53 Å². The Labute approximate surface area is 156 Å². The van der Waals surface area contributed by atoms with E-state index in [1.807, 2.05) is 6.07 Å². The molecular formula is C18H20N4O3S. The molecule has 0 aliphatic rings. The lowest BCUT2D eigenvalue weighted by Crippen LogP contribution is -2.21. The van der Waals surface area contributed by atoms with Crippen molar-refractivity contribution in [2.24, 2.45) is 5.92 Å². The van der Waals surface area contributed by atoms with Crippen LogP contribution in [0.15, 0.2) is 29.6 Å². The lowest BCUT2D eigenvalue weighted by atomic mass is 10.1. The van der Waals surface area contributed by atoms with Gasteiger partial charge in [0.05, 0.1) is 11.6 Å². The Bertz CT molecular complexity index is 811. The van der Waals surface area contributed by atoms with Gasteiger partial charge in [0.2, 0.25) is 0 Å². The highest BCUT2D eigenvalue weighted by atomic mass is 32.1. The van der Waals surface area contributed by atoms with E-state index in [0.717, 1.165) is 13.0 Å². The summed E-state index contributed by atoms with van der Waals surface area (Å²) in [6.07, 6.45) is 1.01. The van der Waals surface area contributed by atoms with Crippen molar-refractivity contribution in [3.63, 3.8) is 0 Å². The van der Waals surface area contributed by atoms with Crippen LogP contribution in [0.5, 0.6) is 0 Å². The van der Waals surface area contributed by atoms with Crippen LogP contribution in [0.25, 0.3) is 0 Å². The summed E-state index contributed by atoms with van der Waals surface area (Å²) in [6, 6.07) is 8.46. The van der Waals surface area contributed by atoms with E-state index in [0.29, 0.717) is 22.3 Å². The minimum absolute atomic E-state index is 0.168. The van der Waals surface area contributed by atoms with Crippen molar-refractivity contribution in [2.45, 2.75) is 20.3 Å². The van der Waals surface area contributed by atoms with E-state index in [1.54, 1.807) is 23.6 Å². The number of hydrogen-bond acceptors (Lipinski definition) is 7. The number of nitriles is 1. The predicted molar refractivity (Wildman–Crippen MR) is 100 cm³/mol. The van der Waals surface area contributed by atoms with Crippen molar-refractivity contribution in [3.8, 4) is 6.07 Å². The molecule has 7 nitrogen and oxygen atoms in total. The van der Waals surface area contributed by atoms with Gasteiger partial charge in [-0.1, -0.05) is 19.9 Å². The van der Waals surface area contributed by atoms with Crippen molar-refractivity contribution in [2.75, 3.05) is 23.8 Å². The summed E-state index contributed by atoms with van der Waals surface area (Å²) in [7, 11) is 0. The van der Waals surface area contributed by atoms with Gasteiger partial charge in [-0.3, -0.25) is 4.79 Å². The summed E-state index contributed by atoms with van der Waals surface area (Å²) in [4.78, 5) is 28.0. The van der Waals surface area contributed by atoms with Gasteiger partial charge in [-0.2, -0.15) is 5.26 Å². The van der Waals surface area contributed by atoms with Crippen LogP contribution in [-0.4, -0.2) is 30.0 Å². The van der Waals surface area contributed by atoms with Crippen LogP contribution in [0.2, 0.25) is 0 Å². The van der Waals surface area contributed by atoms with E-state index >= 15 is 0 Å². The second-order valence-corrected chi connectivity index (χ2v) is 6.82. The zero-order chi connectivity index (χ0) is 18.9. The molecule has 2 rings (SSSR count). The van der Waals surface area contributed by atoms with Gasteiger partial charge >= 0.3 is 5.97 Å². The number of rotatable bonds is 8. The smallest absolute Gasteiger partial charge is 0.358 e. The molecule has 2 aromatic rings. The number of amides is 1. The monoisotopic (exact) mass is 372 g/mol. The molecule has 0 saturated carbocycles. The van der Waals surface area contributed by atoms with Gasteiger partial charge in [-0.05, 0) is 30.5 Å². The molecule has 0 spiro atoms. The highest BCUT2D eigenvalue weighted by molar-refractivity contribution is 7.13. The molecule has 136 valence electrons. The quantitative estimate of drug-likeness (QED) is 0.689. The van der Waals surface area contributed by atoms with E-state index in [9.17, 15) is 9.59 Å². The molecule has 0 fully saturated rings. The van der Waals surface area contributed by atoms with Crippen LogP contribution in [0.3, 0.4) is 0 Å². The largest absolute Gasteiger partial charge is 0.451 e. The summed E-state index contributed by atoms with van der Waals surface area (Å²) in [5.74, 6) is -0.558. The molecule has 1 heterocycles. The number of ether oxygens (including phenoxy) is 1. The molecule has 0 atom stereocenters. The molecule has 0 radical (unpaired) electrons. The fourth-order valence-corrected chi connectivity index (χ4v) is 2.69. The lowest BCUT2D eigenvalue weighted by molar-refractivity contribution is -0.119. The summed E-state index contributed by atoms with van der Waals surface area (Å²) < 4.78 is 4.98. The molecule has 2 N–H and O–H groups in total. The topological polar surface area (TPSA) is 104 Å². The van der Waals surface area contributed by atoms with E-state index in [4.69, 9.17) is 10.00 Å². The Morgan fingerprint density at radius 2 is 2.19 bits per heavy atom. The van der Waals surface area contributed by atoms with Crippen molar-refractivity contribution >= 4 is 34.0 Å². The minimum Gasteiger partial charge on any atom is -0.451 e. The van der Waals surface area contributed by atoms with Crippen LogP contribution >= 0.6 is 11.3 Å². The number of nitrogens with one attached hydrogen (secondary N) is 2. The Kier molecular flexibility index (Phi) is 7.12. The van der Waals surface area contributed by atoms with Gasteiger partial charge in [-0.25, -0.2) is 9.78 Å². The molecule has 1 aromatic carbocycles. The second kappa shape index (κ2) is 9.53. The van der Waals surface area contributed by atoms with Gasteiger partial charge in [-0.15, -0.1) is 11.3 Å². The van der Waals surface area contributed by atoms with Crippen LogP contribution < -0.4 is 10.6 Å². The zero-order valence-electron chi connectivity index (χ0n) is 14.6. The number of aromatic nitrogens is 1. The number of hydrogen-bond donors (Lipinski definition) is 2. The molecular weight excluding hydrogens is 352 g/mol. The zero-order valence-corrected chi connectivity index (χ0v) is 15.4. The first-order valence-electron chi connectivity index (χ1n) is 8.14. The van der Waals surface area contributed by atoms with Crippen molar-refractivity contribution in [3.05, 3.63) is 40.9 Å². The fraction of sp³-hybridized carbons (Fsp3) is 0.333. The van der Waals surface area contributed by atoms with Gasteiger partial charge in [0, 0.05) is 17.6 Å². The summed E-state index contributed by atoms with van der Waals surface area (Å²) >= 11 is 1.32. The lowest BCUT2D eigenvalue weighted by Gasteiger charge is -2.06. The SMILES string of the molecule is CC(C)CCNc1nc(C(=O)OCC(=O)Nc2cccc(C#N)c2)cs1. The molecule has 0 unspecified atom stereocenters. The first kappa shape index (κ1) is 19.4. The molecule has 26 heavy (non-hydrogen) atoms. The van der Waals surface area contributed by atoms with Gasteiger partial charge in [0.25, 0.3) is 5.91 Å². The third-order valence-electron chi connectivity index (χ3n) is 3.32. The van der Waals surface area contributed by atoms with E-state index in [1.165, 1.54) is 17.4 Å². The van der Waals surface area contributed by atoms with Crippen LogP contribution in [0, 0.1) is 17.2 Å². The molecule has 0 bridgehead atoms. The standard InChI is InChI=1S/C18H20N4O3S/c1-12(2)6-7-20-18-22-15(11-26-18)17(24)25-10-16(23)21-14-5-3-4-13(8-14)9-19/h3-5,8,11-12H,6-7,10H2,1-2H3,(H,20,22)(H,21,23). The maximum absolute atomic E-state index is 12.0. The Balaban J connectivity index is 1.79. The molecule has 1 amide bonds. The number of benzene rings is 1. The molecule has 0 aliphatic heterocycles. The predicted octanol–water partition coefficient (Wildman–Crippen LogP) is 3.27. The van der Waals surface area contributed by atoms with Gasteiger partial charge in [0.1, 0.15) is 0 Å². The van der Waals surface area contributed by atoms with E-state index < -0.39 is 18.5 Å². The third kappa shape index (κ3) is 6.18. The maximum Gasteiger partial charge on any atom is 0.358 e. The van der Waals surface area contributed by atoms with Gasteiger partial charge < -0.3 is 15.4 Å². The highest BCUT2D eigenvalue weighted by Crippen LogP contribution is 2.16. The van der Waals surface area contributed by atoms with Gasteiger partial charge in [0.15, 0.2) is 17.4 Å².